The van der Waals surface area contributed by atoms with Crippen molar-refractivity contribution in [3.63, 3.8) is 0 Å². The predicted molar refractivity (Wildman–Crippen MR) is 63.0 cm³/mol. The van der Waals surface area contributed by atoms with Crippen LogP contribution in [0.25, 0.3) is 0 Å². The van der Waals surface area contributed by atoms with Crippen LogP contribution in [0, 0.1) is 0 Å². The molecule has 0 aromatic rings. The monoisotopic (exact) mass is 226 g/mol. The summed E-state index contributed by atoms with van der Waals surface area (Å²) in [6, 6.07) is 0. The molecule has 0 aromatic carbocycles. The van der Waals surface area contributed by atoms with E-state index in [-0.39, 0.29) is 12.1 Å². The second-order valence-corrected chi connectivity index (χ2v) is 4.52. The van der Waals surface area contributed by atoms with Crippen molar-refractivity contribution in [1.82, 2.24) is 0 Å². The maximum absolute atomic E-state index is 11.3. The molecule has 1 N–H and O–H groups in total. The molecule has 1 aliphatic heterocycles. The third kappa shape index (κ3) is 5.91. The van der Waals surface area contributed by atoms with E-state index >= 15 is 0 Å². The summed E-state index contributed by atoms with van der Waals surface area (Å²) in [5.41, 5.74) is 0. The molecular formula is C13H22O3. The average molecular weight is 226 g/mol. The van der Waals surface area contributed by atoms with Gasteiger partial charge in [-0.3, -0.25) is 0 Å². The first-order chi connectivity index (χ1) is 7.68. The second kappa shape index (κ2) is 7.44. The van der Waals surface area contributed by atoms with E-state index in [1.807, 2.05) is 6.92 Å². The number of ether oxygens (including phenoxy) is 1. The molecule has 1 heterocycles. The zero-order chi connectivity index (χ0) is 11.8. The Hall–Kier alpha value is -0.830. The molecule has 0 spiro atoms. The molecule has 16 heavy (non-hydrogen) atoms. The van der Waals surface area contributed by atoms with Crippen molar-refractivity contribution in [2.45, 2.75) is 64.1 Å². The molecule has 0 fully saturated rings. The van der Waals surface area contributed by atoms with Crippen LogP contribution in [0.5, 0.6) is 0 Å². The van der Waals surface area contributed by atoms with E-state index in [1.54, 1.807) is 0 Å². The number of aliphatic hydroxyl groups excluding tert-OH is 1. The van der Waals surface area contributed by atoms with Gasteiger partial charge < -0.3 is 9.84 Å². The first kappa shape index (κ1) is 13.2. The Morgan fingerprint density at radius 2 is 1.81 bits per heavy atom. The summed E-state index contributed by atoms with van der Waals surface area (Å²) in [5, 5.41) is 9.55. The van der Waals surface area contributed by atoms with Crippen molar-refractivity contribution < 1.29 is 14.6 Å². The summed E-state index contributed by atoms with van der Waals surface area (Å²) in [7, 11) is 0. The van der Waals surface area contributed by atoms with Gasteiger partial charge in [0.2, 0.25) is 0 Å². The summed E-state index contributed by atoms with van der Waals surface area (Å²) < 4.78 is 5.18. The summed E-state index contributed by atoms with van der Waals surface area (Å²) in [4.78, 5) is 11.3. The minimum Gasteiger partial charge on any atom is -0.460 e. The normalized spacial score (nSPS) is 31.8. The van der Waals surface area contributed by atoms with Gasteiger partial charge in [0.05, 0.1) is 12.2 Å². The highest BCUT2D eigenvalue weighted by molar-refractivity contribution is 5.82. The van der Waals surface area contributed by atoms with E-state index in [1.165, 1.54) is 25.0 Å². The van der Waals surface area contributed by atoms with Gasteiger partial charge >= 0.3 is 5.97 Å². The van der Waals surface area contributed by atoms with Gasteiger partial charge in [0.15, 0.2) is 0 Å². The molecule has 0 aromatic heterocycles. The molecule has 3 heteroatoms. The molecule has 1 aliphatic rings. The molecule has 0 unspecified atom stereocenters. The number of hydrogen-bond acceptors (Lipinski definition) is 3. The second-order valence-electron chi connectivity index (χ2n) is 4.52. The SMILES string of the molecule is C[C@@H]1CCCCCCC[C@H](O)/C=C/C(=O)O1. The van der Waals surface area contributed by atoms with Crippen LogP contribution in [0.2, 0.25) is 0 Å². The Morgan fingerprint density at radius 3 is 2.56 bits per heavy atom. The molecular weight excluding hydrogens is 204 g/mol. The number of esters is 1. The van der Waals surface area contributed by atoms with Gasteiger partial charge in [0, 0.05) is 6.08 Å². The highest BCUT2D eigenvalue weighted by Crippen LogP contribution is 2.12. The first-order valence-electron chi connectivity index (χ1n) is 6.25. The summed E-state index contributed by atoms with van der Waals surface area (Å²) in [5.74, 6) is -0.342. The van der Waals surface area contributed by atoms with Crippen LogP contribution >= 0.6 is 0 Å². The molecule has 0 radical (unpaired) electrons. The van der Waals surface area contributed by atoms with E-state index in [0.29, 0.717) is 0 Å². The Labute approximate surface area is 97.5 Å². The van der Waals surface area contributed by atoms with E-state index < -0.39 is 6.10 Å². The Balaban J connectivity index is 2.46. The highest BCUT2D eigenvalue weighted by Gasteiger charge is 2.08. The zero-order valence-electron chi connectivity index (χ0n) is 10.0. The third-order valence-electron chi connectivity index (χ3n) is 2.88. The third-order valence-corrected chi connectivity index (χ3v) is 2.88. The van der Waals surface area contributed by atoms with E-state index in [4.69, 9.17) is 4.74 Å². The van der Waals surface area contributed by atoms with Gasteiger partial charge in [-0.2, -0.15) is 0 Å². The van der Waals surface area contributed by atoms with Crippen LogP contribution in [0.15, 0.2) is 12.2 Å². The van der Waals surface area contributed by atoms with Crippen LogP contribution in [-0.2, 0) is 9.53 Å². The van der Waals surface area contributed by atoms with Crippen molar-refractivity contribution in [3.8, 4) is 0 Å². The standard InChI is InChI=1S/C13H22O3/c1-11-7-5-3-2-4-6-8-12(14)9-10-13(15)16-11/h9-12,14H,2-8H2,1H3/b10-9+/t11-,12+/m1/s1. The number of carbonyl (C=O) groups is 1. The molecule has 0 saturated heterocycles. The Morgan fingerprint density at radius 1 is 1.19 bits per heavy atom. The first-order valence-corrected chi connectivity index (χ1v) is 6.25. The van der Waals surface area contributed by atoms with Gasteiger partial charge in [-0.1, -0.05) is 25.7 Å². The summed E-state index contributed by atoms with van der Waals surface area (Å²) in [6.07, 6.45) is 9.71. The molecule has 0 aliphatic carbocycles. The lowest BCUT2D eigenvalue weighted by Gasteiger charge is -2.11. The summed E-state index contributed by atoms with van der Waals surface area (Å²) in [6.45, 7) is 1.92. The van der Waals surface area contributed by atoms with Crippen molar-refractivity contribution in [2.24, 2.45) is 0 Å². The van der Waals surface area contributed by atoms with Crippen molar-refractivity contribution in [3.05, 3.63) is 12.2 Å². The smallest absolute Gasteiger partial charge is 0.330 e. The van der Waals surface area contributed by atoms with Gasteiger partial charge in [0.1, 0.15) is 0 Å². The molecule has 92 valence electrons. The van der Waals surface area contributed by atoms with Gasteiger partial charge in [0.25, 0.3) is 0 Å². The van der Waals surface area contributed by atoms with E-state index in [2.05, 4.69) is 0 Å². The maximum atomic E-state index is 11.3. The topological polar surface area (TPSA) is 46.5 Å². The Bertz CT molecular complexity index is 235. The molecule has 1 rings (SSSR count). The minimum absolute atomic E-state index is 0.0185. The van der Waals surface area contributed by atoms with Crippen LogP contribution in [0.4, 0.5) is 0 Å². The van der Waals surface area contributed by atoms with Crippen LogP contribution in [0.1, 0.15) is 51.9 Å². The highest BCUT2D eigenvalue weighted by atomic mass is 16.5. The van der Waals surface area contributed by atoms with E-state index in [9.17, 15) is 9.90 Å². The summed E-state index contributed by atoms with van der Waals surface area (Å²) >= 11 is 0. The van der Waals surface area contributed by atoms with Gasteiger partial charge in [-0.25, -0.2) is 4.79 Å². The lowest BCUT2D eigenvalue weighted by Crippen LogP contribution is -2.13. The lowest BCUT2D eigenvalue weighted by atomic mass is 10.1. The number of hydrogen-bond donors (Lipinski definition) is 1. The Kier molecular flexibility index (Phi) is 6.16. The quantitative estimate of drug-likeness (QED) is 0.646. The number of rotatable bonds is 0. The van der Waals surface area contributed by atoms with Crippen molar-refractivity contribution >= 4 is 5.97 Å². The molecule has 2 atom stereocenters. The molecule has 0 bridgehead atoms. The zero-order valence-corrected chi connectivity index (χ0v) is 10.0. The van der Waals surface area contributed by atoms with Gasteiger partial charge in [-0.05, 0) is 32.3 Å². The van der Waals surface area contributed by atoms with Crippen LogP contribution in [0.3, 0.4) is 0 Å². The van der Waals surface area contributed by atoms with Crippen molar-refractivity contribution in [2.75, 3.05) is 0 Å². The fraction of sp³-hybridized carbons (Fsp3) is 0.769. The van der Waals surface area contributed by atoms with Crippen LogP contribution < -0.4 is 0 Å². The lowest BCUT2D eigenvalue weighted by molar-refractivity contribution is -0.142. The number of carbonyl (C=O) groups excluding carboxylic acids is 1. The fourth-order valence-corrected chi connectivity index (χ4v) is 1.90. The van der Waals surface area contributed by atoms with E-state index in [0.717, 1.165) is 32.1 Å². The van der Waals surface area contributed by atoms with Crippen LogP contribution in [-0.4, -0.2) is 23.3 Å². The number of cyclic esters (lactones) is 1. The number of aliphatic hydroxyl groups is 1. The van der Waals surface area contributed by atoms with Gasteiger partial charge in [-0.15, -0.1) is 0 Å². The molecule has 0 amide bonds. The predicted octanol–water partition coefficient (Wildman–Crippen LogP) is 2.58. The minimum atomic E-state index is -0.511. The average Bonchev–Trinajstić information content (AvgIpc) is 2.25. The maximum Gasteiger partial charge on any atom is 0.330 e. The molecule has 3 nitrogen and oxygen atoms in total. The molecule has 0 saturated carbocycles. The largest absolute Gasteiger partial charge is 0.460 e. The van der Waals surface area contributed by atoms with Crippen molar-refractivity contribution in [1.29, 1.82) is 0 Å². The fourth-order valence-electron chi connectivity index (χ4n) is 1.90.